The van der Waals surface area contributed by atoms with E-state index in [2.05, 4.69) is 23.8 Å². The van der Waals surface area contributed by atoms with Crippen LogP contribution in [0.1, 0.15) is 6.23 Å². The first-order valence-electron chi connectivity index (χ1n) is 10.8. The molecule has 38 heavy (non-hydrogen) atoms. The smallest absolute Gasteiger partial charge is 0.394 e. The summed E-state index contributed by atoms with van der Waals surface area (Å²) in [7, 11) is -5.04. The van der Waals surface area contributed by atoms with Gasteiger partial charge in [0.25, 0.3) is 7.47 Å². The maximum atomic E-state index is 12.5. The molecular formula is C16H24BN5O14P2. The van der Waals surface area contributed by atoms with E-state index in [0.717, 1.165) is 6.33 Å². The second-order valence-electron chi connectivity index (χ2n) is 8.32. The minimum Gasteiger partial charge on any atom is -0.394 e. The van der Waals surface area contributed by atoms with Crippen molar-refractivity contribution in [2.75, 3.05) is 18.9 Å². The van der Waals surface area contributed by atoms with Gasteiger partial charge in [-0.3, -0.25) is 13.7 Å². The topological polar surface area (TPSA) is 292 Å². The monoisotopic (exact) mass is 583 g/mol. The van der Waals surface area contributed by atoms with Crippen molar-refractivity contribution in [3.8, 4) is 0 Å². The summed E-state index contributed by atoms with van der Waals surface area (Å²) < 4.78 is 50.3. The van der Waals surface area contributed by atoms with Crippen LogP contribution in [0.5, 0.6) is 0 Å². The van der Waals surface area contributed by atoms with Crippen LogP contribution in [0.2, 0.25) is 0 Å². The molecule has 2 aliphatic heterocycles. The van der Waals surface area contributed by atoms with Gasteiger partial charge < -0.3 is 55.3 Å². The fourth-order valence-electron chi connectivity index (χ4n) is 3.80. The highest BCUT2D eigenvalue weighted by molar-refractivity contribution is 7.83. The van der Waals surface area contributed by atoms with Crippen molar-refractivity contribution in [2.24, 2.45) is 0 Å². The summed E-state index contributed by atoms with van der Waals surface area (Å²) in [6.45, 7) is -1.67. The number of hydrogen-bond acceptors (Lipinski definition) is 17. The highest BCUT2D eigenvalue weighted by Gasteiger charge is 2.49. The lowest BCUT2D eigenvalue weighted by molar-refractivity contribution is -0.280. The van der Waals surface area contributed by atoms with Crippen LogP contribution < -0.4 is 5.73 Å². The number of phosphoric acid groups is 1. The van der Waals surface area contributed by atoms with E-state index in [4.69, 9.17) is 27.3 Å². The first-order valence-corrected chi connectivity index (χ1v) is 13.9. The minimum atomic E-state index is -5.44. The fraction of sp³-hybridized carbons (Fsp3) is 0.688. The number of nitrogens with zero attached hydrogens (tertiary/aromatic N) is 4. The van der Waals surface area contributed by atoms with Gasteiger partial charge in [-0.25, -0.2) is 23.8 Å². The van der Waals surface area contributed by atoms with E-state index in [-0.39, 0.29) is 17.0 Å². The molecule has 0 amide bonds. The largest absolute Gasteiger partial charge is 0.481 e. The molecule has 4 rings (SSSR count). The first-order chi connectivity index (χ1) is 17.7. The number of aromatic nitrogens is 4. The summed E-state index contributed by atoms with van der Waals surface area (Å²) in [5, 5.41) is 59.4. The number of rotatable bonds is 9. The molecule has 2 aromatic rings. The summed E-state index contributed by atoms with van der Waals surface area (Å²) >= 11 is 0. The number of aliphatic hydroxyl groups is 6. The van der Waals surface area contributed by atoms with Crippen LogP contribution in [0, 0.1) is 0 Å². The number of anilines is 1. The third kappa shape index (κ3) is 5.93. The average molecular weight is 583 g/mol. The number of fused-ring (bicyclic) bond motifs is 1. The highest BCUT2D eigenvalue weighted by Crippen LogP contribution is 2.61. The normalized spacial score (nSPS) is 37.2. The van der Waals surface area contributed by atoms with Crippen LogP contribution in [-0.2, 0) is 32.0 Å². The molecule has 0 aliphatic carbocycles. The molecule has 2 aliphatic rings. The van der Waals surface area contributed by atoms with Crippen molar-refractivity contribution in [3.05, 3.63) is 12.7 Å². The van der Waals surface area contributed by atoms with E-state index >= 15 is 0 Å². The summed E-state index contributed by atoms with van der Waals surface area (Å²) in [6, 6.07) is 0. The van der Waals surface area contributed by atoms with Crippen LogP contribution in [0.4, 0.5) is 5.82 Å². The quantitative estimate of drug-likeness (QED) is 0.104. The molecule has 0 spiro atoms. The van der Waals surface area contributed by atoms with Crippen molar-refractivity contribution < 1.29 is 67.5 Å². The first kappa shape index (κ1) is 29.4. The molecule has 22 heteroatoms. The molecule has 2 aromatic heterocycles. The Morgan fingerprint density at radius 3 is 2.37 bits per heavy atom. The van der Waals surface area contributed by atoms with Crippen molar-refractivity contribution >= 4 is 39.8 Å². The summed E-state index contributed by atoms with van der Waals surface area (Å²) in [5.74, 6) is 0.0576. The van der Waals surface area contributed by atoms with Gasteiger partial charge in [-0.2, -0.15) is 0 Å². The summed E-state index contributed by atoms with van der Waals surface area (Å²) in [6.07, 6.45) is -12.8. The van der Waals surface area contributed by atoms with Crippen molar-refractivity contribution in [1.29, 1.82) is 0 Å². The maximum absolute atomic E-state index is 12.5. The van der Waals surface area contributed by atoms with Crippen LogP contribution >= 0.6 is 15.3 Å². The highest BCUT2D eigenvalue weighted by atomic mass is 31.3. The van der Waals surface area contributed by atoms with E-state index in [9.17, 15) is 44.7 Å². The predicted octanol–water partition coefficient (Wildman–Crippen LogP) is -3.75. The van der Waals surface area contributed by atoms with Gasteiger partial charge >= 0.3 is 7.82 Å². The Hall–Kier alpha value is -1.61. The average Bonchev–Trinajstić information content (AvgIpc) is 3.39. The van der Waals surface area contributed by atoms with Crippen molar-refractivity contribution in [3.63, 3.8) is 0 Å². The lowest BCUT2D eigenvalue weighted by Crippen LogP contribution is -2.58. The Kier molecular flexibility index (Phi) is 8.59. The summed E-state index contributed by atoms with van der Waals surface area (Å²) in [5.41, 5.74) is 6.11. The maximum Gasteiger partial charge on any atom is 0.481 e. The number of nitrogens with two attached hydrogens (primary N) is 1. The molecule has 2 fully saturated rings. The number of phosphoric ester groups is 1. The third-order valence-electron chi connectivity index (χ3n) is 5.72. The molecule has 0 bridgehead atoms. The number of nitrogen functional groups attached to an aromatic ring is 1. The third-order valence-corrected chi connectivity index (χ3v) is 8.44. The standard InChI is InChI=1S/C16H24BN5O14P2/c17-37(29,36-38(30,31)35-16-12(28)10(26)8(24)5(1-23)34-16)32-2-6-9(25)11(27)15(33-6)22-4-21-7-13(18)19-3-20-14(7)22/h3-6,8-12,15-16,23-28H,1-2H2,(H,30,31)(H2,18,19,20)/t5?,6-,8-,9+,10+,11?,12?,15-,16-,37+/m1/s1. The van der Waals surface area contributed by atoms with Crippen LogP contribution in [-0.4, -0.2) is 125 Å². The molecule has 9 N–H and O–H groups in total. The van der Waals surface area contributed by atoms with Crippen molar-refractivity contribution in [1.82, 2.24) is 19.5 Å². The SMILES string of the molecule is [B][P@](=O)(OC[C@H]1O[C@@H](n2cnc3c(N)ncnc32)C(O)[C@H]1O)OP(=O)(O)O[C@H]1OC(CO)[C@@H](O)[C@H](O)C1O. The summed E-state index contributed by atoms with van der Waals surface area (Å²) in [4.78, 5) is 21.8. The molecule has 4 heterocycles. The lowest BCUT2D eigenvalue weighted by atomic mass is 10.00. The van der Waals surface area contributed by atoms with Gasteiger partial charge in [0.15, 0.2) is 24.0 Å². The Morgan fingerprint density at radius 1 is 1.00 bits per heavy atom. The predicted molar refractivity (Wildman–Crippen MR) is 121 cm³/mol. The van der Waals surface area contributed by atoms with E-state index in [0.29, 0.717) is 0 Å². The number of imidazole rings is 1. The molecule has 2 radical (unpaired) electrons. The minimum absolute atomic E-state index is 0.0576. The number of ether oxygens (including phenoxy) is 2. The van der Waals surface area contributed by atoms with Gasteiger partial charge in [0.2, 0.25) is 7.57 Å². The molecular weight excluding hydrogens is 559 g/mol. The van der Waals surface area contributed by atoms with Gasteiger partial charge in [0.05, 0.1) is 19.5 Å². The van der Waals surface area contributed by atoms with Gasteiger partial charge in [-0.15, -0.1) is 0 Å². The fourth-order valence-corrected chi connectivity index (χ4v) is 6.09. The Morgan fingerprint density at radius 2 is 1.68 bits per heavy atom. The Labute approximate surface area is 214 Å². The van der Waals surface area contributed by atoms with Gasteiger partial charge in [-0.1, -0.05) is 0 Å². The van der Waals surface area contributed by atoms with Gasteiger partial charge in [0.1, 0.15) is 54.6 Å². The van der Waals surface area contributed by atoms with E-state index in [1.807, 2.05) is 0 Å². The second kappa shape index (κ2) is 11.1. The van der Waals surface area contributed by atoms with Crippen LogP contribution in [0.25, 0.3) is 11.2 Å². The van der Waals surface area contributed by atoms with E-state index in [1.165, 1.54) is 10.9 Å². The van der Waals surface area contributed by atoms with Crippen LogP contribution in [0.15, 0.2) is 12.7 Å². The zero-order valence-electron chi connectivity index (χ0n) is 19.1. The zero-order valence-corrected chi connectivity index (χ0v) is 20.9. The van der Waals surface area contributed by atoms with E-state index < -0.39 is 83.8 Å². The number of hydrogen-bond donors (Lipinski definition) is 8. The van der Waals surface area contributed by atoms with Gasteiger partial charge in [0, 0.05) is 0 Å². The molecule has 2 saturated heterocycles. The van der Waals surface area contributed by atoms with E-state index in [1.54, 1.807) is 0 Å². The van der Waals surface area contributed by atoms with Crippen molar-refractivity contribution in [2.45, 2.75) is 55.2 Å². The molecule has 210 valence electrons. The lowest BCUT2D eigenvalue weighted by Gasteiger charge is -2.39. The molecule has 4 unspecified atom stereocenters. The Bertz CT molecular complexity index is 1240. The molecule has 11 atom stereocenters. The molecule has 0 saturated carbocycles. The number of aliphatic hydroxyl groups excluding tert-OH is 6. The van der Waals surface area contributed by atoms with Gasteiger partial charge in [-0.05, 0) is 0 Å². The zero-order chi connectivity index (χ0) is 28.0. The van der Waals surface area contributed by atoms with Crippen LogP contribution in [0.3, 0.4) is 0 Å². The Balaban J connectivity index is 1.38. The second-order valence-corrected chi connectivity index (χ2v) is 11.5. The molecule has 19 nitrogen and oxygen atoms in total. The molecule has 0 aromatic carbocycles.